The van der Waals surface area contributed by atoms with Crippen LogP contribution < -0.4 is 5.32 Å². The highest BCUT2D eigenvalue weighted by molar-refractivity contribution is 7.89. The molecular weight excluding hydrogens is 406 g/mol. The number of H-pyrrole nitrogens is 1. The summed E-state index contributed by atoms with van der Waals surface area (Å²) in [5.41, 5.74) is 2.64. The highest BCUT2D eigenvalue weighted by Gasteiger charge is 2.30. The van der Waals surface area contributed by atoms with Crippen LogP contribution >= 0.6 is 0 Å². The summed E-state index contributed by atoms with van der Waals surface area (Å²) in [5.74, 6) is -0.360. The Hall–Kier alpha value is -3.24. The molecule has 156 valence electrons. The van der Waals surface area contributed by atoms with E-state index in [-0.39, 0.29) is 29.8 Å². The van der Waals surface area contributed by atoms with Crippen molar-refractivity contribution < 1.29 is 18.0 Å². The lowest BCUT2D eigenvalue weighted by Crippen LogP contribution is -2.50. The summed E-state index contributed by atoms with van der Waals surface area (Å²) in [4.78, 5) is 32.8. The van der Waals surface area contributed by atoms with Crippen molar-refractivity contribution >= 4 is 38.6 Å². The Bertz CT molecular complexity index is 1200. The molecule has 9 nitrogen and oxygen atoms in total. The van der Waals surface area contributed by atoms with E-state index in [0.29, 0.717) is 24.3 Å². The third-order valence-corrected chi connectivity index (χ3v) is 6.92. The van der Waals surface area contributed by atoms with E-state index < -0.39 is 10.0 Å². The largest absolute Gasteiger partial charge is 0.345 e. The van der Waals surface area contributed by atoms with E-state index in [1.54, 1.807) is 41.6 Å². The molecule has 0 aliphatic carbocycles. The molecule has 30 heavy (non-hydrogen) atoms. The summed E-state index contributed by atoms with van der Waals surface area (Å²) >= 11 is 0. The quantitative estimate of drug-likeness (QED) is 0.657. The Balaban J connectivity index is 1.42. The van der Waals surface area contributed by atoms with E-state index in [1.807, 2.05) is 0 Å². The van der Waals surface area contributed by atoms with Crippen LogP contribution in [-0.4, -0.2) is 65.6 Å². The molecule has 2 N–H and O–H groups in total. The van der Waals surface area contributed by atoms with Crippen molar-refractivity contribution in [3.05, 3.63) is 54.4 Å². The maximum atomic E-state index is 12.9. The highest BCUT2D eigenvalue weighted by atomic mass is 32.2. The van der Waals surface area contributed by atoms with Gasteiger partial charge in [-0.1, -0.05) is 0 Å². The number of rotatable bonds is 4. The Morgan fingerprint density at radius 3 is 2.40 bits per heavy atom. The number of sulfonamides is 1. The van der Waals surface area contributed by atoms with Crippen molar-refractivity contribution in [3.8, 4) is 0 Å². The third kappa shape index (κ3) is 3.91. The van der Waals surface area contributed by atoms with E-state index in [0.717, 1.165) is 11.0 Å². The zero-order chi connectivity index (χ0) is 21.3. The van der Waals surface area contributed by atoms with E-state index >= 15 is 0 Å². The molecule has 4 rings (SSSR count). The number of imidazole rings is 1. The number of hydrogen-bond donors (Lipinski definition) is 2. The third-order valence-electron chi connectivity index (χ3n) is 5.01. The lowest BCUT2D eigenvalue weighted by Gasteiger charge is -2.34. The molecule has 2 amide bonds. The summed E-state index contributed by atoms with van der Waals surface area (Å²) in [7, 11) is -3.67. The molecule has 2 heterocycles. The van der Waals surface area contributed by atoms with Gasteiger partial charge in [0.1, 0.15) is 0 Å². The molecule has 0 unspecified atom stereocenters. The number of amides is 2. The second kappa shape index (κ2) is 7.88. The number of nitrogens with zero attached hydrogens (tertiary/aromatic N) is 3. The van der Waals surface area contributed by atoms with Gasteiger partial charge in [0.2, 0.25) is 15.9 Å². The van der Waals surface area contributed by atoms with Gasteiger partial charge in [-0.05, 0) is 42.5 Å². The van der Waals surface area contributed by atoms with Crippen molar-refractivity contribution in [2.45, 2.75) is 11.8 Å². The number of benzene rings is 2. The van der Waals surface area contributed by atoms with Gasteiger partial charge in [-0.25, -0.2) is 13.4 Å². The number of piperazine rings is 1. The normalized spacial score (nSPS) is 15.3. The number of nitrogens with one attached hydrogen (secondary N) is 2. The zero-order valence-electron chi connectivity index (χ0n) is 16.3. The van der Waals surface area contributed by atoms with Gasteiger partial charge in [-0.2, -0.15) is 4.31 Å². The van der Waals surface area contributed by atoms with Crippen LogP contribution in [-0.2, 0) is 14.8 Å². The Morgan fingerprint density at radius 1 is 1.03 bits per heavy atom. The topological polar surface area (TPSA) is 115 Å². The summed E-state index contributed by atoms with van der Waals surface area (Å²) in [5, 5.41) is 2.61. The van der Waals surface area contributed by atoms with Crippen LogP contribution in [0.15, 0.2) is 53.7 Å². The fourth-order valence-electron chi connectivity index (χ4n) is 3.45. The molecular formula is C20H21N5O4S. The fourth-order valence-corrected chi connectivity index (χ4v) is 4.87. The number of carbonyl (C=O) groups is 2. The molecule has 0 spiro atoms. The first kappa shape index (κ1) is 20.0. The summed E-state index contributed by atoms with van der Waals surface area (Å²) in [6.45, 7) is 2.44. The molecule has 1 aliphatic rings. The standard InChI is InChI=1S/C20H21N5O4S/c1-14(26)23-16-3-5-17(6-4-16)30(28,29)25-10-8-24(9-11-25)20(27)15-2-7-18-19(12-15)22-13-21-18/h2-7,12-13H,8-11H2,1H3,(H,21,22)(H,23,26). The molecule has 0 atom stereocenters. The zero-order valence-corrected chi connectivity index (χ0v) is 17.1. The average molecular weight is 427 g/mol. The fraction of sp³-hybridized carbons (Fsp3) is 0.250. The van der Waals surface area contributed by atoms with E-state index in [9.17, 15) is 18.0 Å². The van der Waals surface area contributed by atoms with Crippen LogP contribution in [0, 0.1) is 0 Å². The second-order valence-corrected chi connectivity index (χ2v) is 8.97. The summed E-state index contributed by atoms with van der Waals surface area (Å²) in [6, 6.07) is 11.3. The summed E-state index contributed by atoms with van der Waals surface area (Å²) < 4.78 is 27.2. The van der Waals surface area contributed by atoms with Gasteiger partial charge >= 0.3 is 0 Å². The first-order valence-electron chi connectivity index (χ1n) is 9.45. The van der Waals surface area contributed by atoms with Crippen molar-refractivity contribution in [2.24, 2.45) is 0 Å². The number of fused-ring (bicyclic) bond motifs is 1. The van der Waals surface area contributed by atoms with Gasteiger partial charge in [-0.15, -0.1) is 0 Å². The van der Waals surface area contributed by atoms with Crippen molar-refractivity contribution in [1.82, 2.24) is 19.2 Å². The van der Waals surface area contributed by atoms with Crippen molar-refractivity contribution in [1.29, 1.82) is 0 Å². The summed E-state index contributed by atoms with van der Waals surface area (Å²) in [6.07, 6.45) is 1.57. The van der Waals surface area contributed by atoms with Crippen LogP contribution in [0.4, 0.5) is 5.69 Å². The predicted octanol–water partition coefficient (Wildman–Crippen LogP) is 1.67. The molecule has 1 fully saturated rings. The van der Waals surface area contributed by atoms with Crippen molar-refractivity contribution in [2.75, 3.05) is 31.5 Å². The van der Waals surface area contributed by atoms with E-state index in [4.69, 9.17) is 0 Å². The van der Waals surface area contributed by atoms with Crippen LogP contribution in [0.3, 0.4) is 0 Å². The predicted molar refractivity (Wildman–Crippen MR) is 112 cm³/mol. The average Bonchev–Trinajstić information content (AvgIpc) is 3.21. The molecule has 0 saturated carbocycles. The monoisotopic (exact) mass is 427 g/mol. The van der Waals surface area contributed by atoms with Crippen LogP contribution in [0.1, 0.15) is 17.3 Å². The van der Waals surface area contributed by atoms with Crippen LogP contribution in [0.25, 0.3) is 11.0 Å². The lowest BCUT2D eigenvalue weighted by molar-refractivity contribution is -0.114. The Morgan fingerprint density at radius 2 is 1.73 bits per heavy atom. The van der Waals surface area contributed by atoms with Crippen LogP contribution in [0.5, 0.6) is 0 Å². The number of hydrogen-bond acceptors (Lipinski definition) is 5. The maximum Gasteiger partial charge on any atom is 0.254 e. The second-order valence-electron chi connectivity index (χ2n) is 7.04. The van der Waals surface area contributed by atoms with Gasteiger partial charge in [0.05, 0.1) is 22.3 Å². The molecule has 1 aliphatic heterocycles. The first-order valence-corrected chi connectivity index (χ1v) is 10.9. The van der Waals surface area contributed by atoms with Gasteiger partial charge < -0.3 is 15.2 Å². The number of carbonyl (C=O) groups excluding carboxylic acids is 2. The van der Waals surface area contributed by atoms with Gasteiger partial charge in [-0.3, -0.25) is 9.59 Å². The van der Waals surface area contributed by atoms with E-state index in [1.165, 1.54) is 23.4 Å². The minimum Gasteiger partial charge on any atom is -0.345 e. The molecule has 1 saturated heterocycles. The lowest BCUT2D eigenvalue weighted by atomic mass is 10.1. The molecule has 0 radical (unpaired) electrons. The number of aromatic nitrogens is 2. The highest BCUT2D eigenvalue weighted by Crippen LogP contribution is 2.21. The number of aromatic amines is 1. The molecule has 1 aromatic heterocycles. The minimum atomic E-state index is -3.67. The van der Waals surface area contributed by atoms with Gasteiger partial charge in [0.25, 0.3) is 5.91 Å². The van der Waals surface area contributed by atoms with Crippen LogP contribution in [0.2, 0.25) is 0 Å². The van der Waals surface area contributed by atoms with Gasteiger partial charge in [0, 0.05) is 44.4 Å². The first-order chi connectivity index (χ1) is 14.3. The maximum absolute atomic E-state index is 12.9. The molecule has 10 heteroatoms. The minimum absolute atomic E-state index is 0.136. The molecule has 0 bridgehead atoms. The molecule has 2 aromatic carbocycles. The molecule has 3 aromatic rings. The van der Waals surface area contributed by atoms with Crippen molar-refractivity contribution in [3.63, 3.8) is 0 Å². The Kier molecular flexibility index (Phi) is 5.27. The Labute approximate surface area is 173 Å². The van der Waals surface area contributed by atoms with Gasteiger partial charge in [0.15, 0.2) is 0 Å². The SMILES string of the molecule is CC(=O)Nc1ccc(S(=O)(=O)N2CCN(C(=O)c3ccc4nc[nH]c4c3)CC2)cc1. The van der Waals surface area contributed by atoms with E-state index in [2.05, 4.69) is 15.3 Å². The smallest absolute Gasteiger partial charge is 0.254 e. The number of anilines is 1.